The topological polar surface area (TPSA) is 135 Å². The van der Waals surface area contributed by atoms with Crippen molar-refractivity contribution < 1.29 is 24.5 Å². The Balaban J connectivity index is 3.19. The van der Waals surface area contributed by atoms with Crippen LogP contribution in [0.1, 0.15) is 0 Å². The normalized spacial score (nSPS) is 11.1. The van der Waals surface area contributed by atoms with Crippen molar-refractivity contribution in [2.45, 2.75) is 0 Å². The molecule has 0 radical (unpaired) electrons. The zero-order valence-electron chi connectivity index (χ0n) is 15.1. The van der Waals surface area contributed by atoms with Crippen LogP contribution in [-0.4, -0.2) is 113 Å². The van der Waals surface area contributed by atoms with Crippen LogP contribution in [0, 0.1) is 0 Å². The zero-order chi connectivity index (χ0) is 18.8. The second-order valence-corrected chi connectivity index (χ2v) is 5.57. The number of nitrogens with zero attached hydrogens (tertiary/aromatic N) is 1. The lowest BCUT2D eigenvalue weighted by atomic mass is 10.4. The first-order valence-corrected chi connectivity index (χ1v) is 8.55. The van der Waals surface area contributed by atoms with Crippen LogP contribution in [0.5, 0.6) is 0 Å². The fourth-order valence-electron chi connectivity index (χ4n) is 1.88. The van der Waals surface area contributed by atoms with Gasteiger partial charge in [0, 0.05) is 58.9 Å². The molecular formula is C15H33N5O5. The summed E-state index contributed by atoms with van der Waals surface area (Å²) in [6.07, 6.45) is 0. The minimum absolute atomic E-state index is 0.00349. The molecule has 0 unspecified atom stereocenters. The summed E-state index contributed by atoms with van der Waals surface area (Å²) in [6.45, 7) is 7.48. The molecule has 0 aliphatic rings. The molecule has 6 N–H and O–H groups in total. The first kappa shape index (κ1) is 23.7. The summed E-state index contributed by atoms with van der Waals surface area (Å²) in [6, 6.07) is 0. The van der Waals surface area contributed by atoms with E-state index in [1.807, 2.05) is 0 Å². The highest BCUT2D eigenvalue weighted by atomic mass is 16.5. The van der Waals surface area contributed by atoms with Gasteiger partial charge in [0.2, 0.25) is 0 Å². The maximum atomic E-state index is 10.3. The van der Waals surface area contributed by atoms with E-state index in [0.29, 0.717) is 19.7 Å². The van der Waals surface area contributed by atoms with Crippen LogP contribution < -0.4 is 21.3 Å². The van der Waals surface area contributed by atoms with Crippen LogP contribution in [0.4, 0.5) is 0 Å². The number of carbonyl (C=O) groups is 2. The standard InChI is InChI=1S/C15H33N5O5/c1-20(10-7-18-8-11-25-13-15(23)24)9-6-17-3-2-16-4-5-19-12-14(21)22/h16-19H,2-13H2,1H3,(H,21,22)(H,23,24). The van der Waals surface area contributed by atoms with Gasteiger partial charge in [0.25, 0.3) is 0 Å². The van der Waals surface area contributed by atoms with Gasteiger partial charge in [-0.1, -0.05) is 0 Å². The summed E-state index contributed by atoms with van der Waals surface area (Å²) in [5, 5.41) is 29.4. The fraction of sp³-hybridized carbons (Fsp3) is 0.867. The highest BCUT2D eigenvalue weighted by molar-refractivity contribution is 5.69. The Morgan fingerprint density at radius 2 is 1.32 bits per heavy atom. The van der Waals surface area contributed by atoms with Gasteiger partial charge in [-0.05, 0) is 7.05 Å². The third-order valence-corrected chi connectivity index (χ3v) is 3.22. The summed E-state index contributed by atoms with van der Waals surface area (Å²) in [4.78, 5) is 22.7. The maximum absolute atomic E-state index is 10.3. The van der Waals surface area contributed by atoms with Crippen LogP contribution in [0.15, 0.2) is 0 Å². The van der Waals surface area contributed by atoms with Crippen LogP contribution in [0.25, 0.3) is 0 Å². The van der Waals surface area contributed by atoms with Crippen molar-refractivity contribution in [1.82, 2.24) is 26.2 Å². The largest absolute Gasteiger partial charge is 0.480 e. The summed E-state index contributed by atoms with van der Waals surface area (Å²) >= 11 is 0. The molecule has 0 rings (SSSR count). The van der Waals surface area contributed by atoms with Gasteiger partial charge in [0.15, 0.2) is 0 Å². The molecule has 25 heavy (non-hydrogen) atoms. The number of hydrogen-bond donors (Lipinski definition) is 6. The Hall–Kier alpha value is -1.30. The van der Waals surface area contributed by atoms with Crippen molar-refractivity contribution in [3.8, 4) is 0 Å². The number of carboxylic acids is 2. The first-order valence-electron chi connectivity index (χ1n) is 8.55. The Morgan fingerprint density at radius 1 is 0.800 bits per heavy atom. The van der Waals surface area contributed by atoms with Gasteiger partial charge in [-0.15, -0.1) is 0 Å². The summed E-state index contributed by atoms with van der Waals surface area (Å²) in [5.74, 6) is -1.79. The van der Waals surface area contributed by atoms with Crippen LogP contribution in [0.2, 0.25) is 0 Å². The monoisotopic (exact) mass is 363 g/mol. The molecular weight excluding hydrogens is 330 g/mol. The van der Waals surface area contributed by atoms with E-state index >= 15 is 0 Å². The second-order valence-electron chi connectivity index (χ2n) is 5.57. The molecule has 0 saturated heterocycles. The zero-order valence-corrected chi connectivity index (χ0v) is 15.1. The lowest BCUT2D eigenvalue weighted by Gasteiger charge is -2.17. The van der Waals surface area contributed by atoms with Crippen molar-refractivity contribution in [2.75, 3.05) is 85.7 Å². The van der Waals surface area contributed by atoms with E-state index in [2.05, 4.69) is 33.2 Å². The summed E-state index contributed by atoms with van der Waals surface area (Å²) in [7, 11) is 2.05. The van der Waals surface area contributed by atoms with Gasteiger partial charge in [0.05, 0.1) is 13.2 Å². The lowest BCUT2D eigenvalue weighted by Crippen LogP contribution is -2.38. The van der Waals surface area contributed by atoms with Gasteiger partial charge in [-0.25, -0.2) is 4.79 Å². The summed E-state index contributed by atoms with van der Waals surface area (Å²) < 4.78 is 4.92. The molecule has 0 aliphatic heterocycles. The number of rotatable bonds is 19. The van der Waals surface area contributed by atoms with E-state index < -0.39 is 11.9 Å². The van der Waals surface area contributed by atoms with Crippen molar-refractivity contribution >= 4 is 11.9 Å². The Kier molecular flexibility index (Phi) is 16.6. The molecule has 0 heterocycles. The van der Waals surface area contributed by atoms with E-state index in [1.54, 1.807) is 0 Å². The molecule has 0 fully saturated rings. The molecule has 0 amide bonds. The summed E-state index contributed by atoms with van der Waals surface area (Å²) in [5.41, 5.74) is 0. The van der Waals surface area contributed by atoms with Crippen LogP contribution in [-0.2, 0) is 14.3 Å². The molecule has 10 nitrogen and oxygen atoms in total. The molecule has 10 heteroatoms. The van der Waals surface area contributed by atoms with E-state index in [-0.39, 0.29) is 13.2 Å². The van der Waals surface area contributed by atoms with Crippen molar-refractivity contribution in [2.24, 2.45) is 0 Å². The smallest absolute Gasteiger partial charge is 0.329 e. The van der Waals surface area contributed by atoms with E-state index in [1.165, 1.54) is 0 Å². The molecule has 0 aromatic heterocycles. The molecule has 0 aromatic rings. The molecule has 0 bridgehead atoms. The molecule has 0 aliphatic carbocycles. The molecule has 0 saturated carbocycles. The van der Waals surface area contributed by atoms with Gasteiger partial charge in [0.1, 0.15) is 6.61 Å². The molecule has 148 valence electrons. The average Bonchev–Trinajstić information content (AvgIpc) is 2.55. The van der Waals surface area contributed by atoms with E-state index in [4.69, 9.17) is 14.9 Å². The Bertz CT molecular complexity index is 346. The second kappa shape index (κ2) is 17.5. The SMILES string of the molecule is CN(CCNCCNCCNCC(=O)O)CCNCCOCC(=O)O. The molecule has 0 atom stereocenters. The van der Waals surface area contributed by atoms with E-state index in [0.717, 1.165) is 45.8 Å². The predicted octanol–water partition coefficient (Wildman–Crippen LogP) is -2.54. The van der Waals surface area contributed by atoms with Gasteiger partial charge >= 0.3 is 11.9 Å². The highest BCUT2D eigenvalue weighted by Gasteiger charge is 1.99. The van der Waals surface area contributed by atoms with Crippen molar-refractivity contribution in [1.29, 1.82) is 0 Å². The lowest BCUT2D eigenvalue weighted by molar-refractivity contribution is -0.142. The number of ether oxygens (including phenoxy) is 1. The number of hydrogen-bond acceptors (Lipinski definition) is 8. The number of aliphatic carboxylic acids is 2. The van der Waals surface area contributed by atoms with Crippen molar-refractivity contribution in [3.05, 3.63) is 0 Å². The van der Waals surface area contributed by atoms with Gasteiger partial charge < -0.3 is 41.1 Å². The third-order valence-electron chi connectivity index (χ3n) is 3.22. The minimum Gasteiger partial charge on any atom is -0.480 e. The Labute approximate surface area is 149 Å². The van der Waals surface area contributed by atoms with E-state index in [9.17, 15) is 9.59 Å². The van der Waals surface area contributed by atoms with Gasteiger partial charge in [-0.2, -0.15) is 0 Å². The molecule has 0 spiro atoms. The number of carboxylic acid groups (broad SMARTS) is 2. The van der Waals surface area contributed by atoms with Crippen LogP contribution in [0.3, 0.4) is 0 Å². The third kappa shape index (κ3) is 20.7. The first-order chi connectivity index (χ1) is 12.0. The highest BCUT2D eigenvalue weighted by Crippen LogP contribution is 1.80. The predicted molar refractivity (Wildman–Crippen MR) is 95.1 cm³/mol. The van der Waals surface area contributed by atoms with Gasteiger partial charge in [-0.3, -0.25) is 4.79 Å². The quantitative estimate of drug-likeness (QED) is 0.136. The van der Waals surface area contributed by atoms with Crippen LogP contribution >= 0.6 is 0 Å². The maximum Gasteiger partial charge on any atom is 0.329 e. The average molecular weight is 363 g/mol. The number of nitrogens with one attached hydrogen (secondary N) is 4. The fourth-order valence-corrected chi connectivity index (χ4v) is 1.88. The Morgan fingerprint density at radius 3 is 1.88 bits per heavy atom. The van der Waals surface area contributed by atoms with Crippen molar-refractivity contribution in [3.63, 3.8) is 0 Å². The molecule has 0 aromatic carbocycles. The number of likely N-dealkylation sites (N-methyl/N-ethyl adjacent to an activating group) is 1. The minimum atomic E-state index is -0.947.